The molecule has 3 rings (SSSR count). The lowest BCUT2D eigenvalue weighted by atomic mass is 10.0. The number of esters is 1. The smallest absolute Gasteiger partial charge is 0.410 e. The number of hydrogen-bond donors (Lipinski definition) is 2. The lowest BCUT2D eigenvalue weighted by Gasteiger charge is -2.36. The molecule has 0 bridgehead atoms. The first-order valence-electron chi connectivity index (χ1n) is 15.4. The molecule has 13 nitrogen and oxygen atoms in total. The van der Waals surface area contributed by atoms with Crippen LogP contribution in [0.15, 0.2) is 36.9 Å². The van der Waals surface area contributed by atoms with Crippen molar-refractivity contribution < 1.29 is 38.2 Å². The summed E-state index contributed by atoms with van der Waals surface area (Å²) in [6.45, 7) is 12.9. The molecule has 45 heavy (non-hydrogen) atoms. The molecular formula is C32H45N5O8. The number of rotatable bonds is 12. The Labute approximate surface area is 264 Å². The van der Waals surface area contributed by atoms with Crippen molar-refractivity contribution in [2.45, 2.75) is 71.1 Å². The van der Waals surface area contributed by atoms with Crippen LogP contribution in [0.25, 0.3) is 0 Å². The Kier molecular flexibility index (Phi) is 12.5. The van der Waals surface area contributed by atoms with E-state index in [2.05, 4.69) is 22.1 Å². The predicted octanol–water partition coefficient (Wildman–Crippen LogP) is 2.05. The Bertz CT molecular complexity index is 1250. The summed E-state index contributed by atoms with van der Waals surface area (Å²) in [7, 11) is 0. The van der Waals surface area contributed by atoms with Gasteiger partial charge in [0.1, 0.15) is 24.8 Å². The third kappa shape index (κ3) is 10.0. The highest BCUT2D eigenvalue weighted by molar-refractivity contribution is 6.38. The standard InChI is InChI=1S/C32H45N5O8/c1-6-9-24(27(39)29(41)33-21-26(38)44-20-7-2)34-28(40)25-10-8-15-37(25)30(42)22-11-13-23(14-12-22)35-16-18-36(19-17-35)31(43)45-32(3,4)5/h7,11-14,24-25H,2,6,8-10,15-21H2,1,3-5H3,(H,33,41)(H,34,40)/t24?,25-/m0/s1. The van der Waals surface area contributed by atoms with Crippen LogP contribution in [0.2, 0.25) is 0 Å². The van der Waals surface area contributed by atoms with E-state index in [1.165, 1.54) is 11.0 Å². The minimum atomic E-state index is -1.10. The third-order valence-corrected chi connectivity index (χ3v) is 7.42. The first-order chi connectivity index (χ1) is 21.3. The van der Waals surface area contributed by atoms with Gasteiger partial charge < -0.3 is 34.8 Å². The minimum absolute atomic E-state index is 0.0212. The highest BCUT2D eigenvalue weighted by Crippen LogP contribution is 2.23. The van der Waals surface area contributed by atoms with Gasteiger partial charge >= 0.3 is 12.1 Å². The van der Waals surface area contributed by atoms with E-state index in [0.717, 1.165) is 5.69 Å². The van der Waals surface area contributed by atoms with Gasteiger partial charge in [-0.3, -0.25) is 24.0 Å². The third-order valence-electron chi connectivity index (χ3n) is 7.42. The summed E-state index contributed by atoms with van der Waals surface area (Å²) in [4.78, 5) is 81.3. The molecule has 13 heteroatoms. The van der Waals surface area contributed by atoms with Gasteiger partial charge in [-0.15, -0.1) is 0 Å². The zero-order valence-corrected chi connectivity index (χ0v) is 26.6. The largest absolute Gasteiger partial charge is 0.460 e. The number of amides is 4. The number of ether oxygens (including phenoxy) is 2. The van der Waals surface area contributed by atoms with Crippen LogP contribution in [0.4, 0.5) is 10.5 Å². The van der Waals surface area contributed by atoms with E-state index in [0.29, 0.717) is 57.5 Å². The van der Waals surface area contributed by atoms with Crippen LogP contribution < -0.4 is 15.5 Å². The summed E-state index contributed by atoms with van der Waals surface area (Å²) in [5, 5.41) is 4.88. The van der Waals surface area contributed by atoms with Crippen LogP contribution in [0.1, 0.15) is 63.7 Å². The number of hydrogen-bond acceptors (Lipinski definition) is 9. The lowest BCUT2D eigenvalue weighted by Crippen LogP contribution is -2.53. The highest BCUT2D eigenvalue weighted by Gasteiger charge is 2.37. The SMILES string of the molecule is C=CCOC(=O)CNC(=O)C(=O)C(CCC)NC(=O)[C@@H]1CCCN1C(=O)c1ccc(N2CCN(C(=O)OC(C)(C)C)CC2)cc1. The van der Waals surface area contributed by atoms with E-state index in [-0.39, 0.29) is 25.0 Å². The zero-order chi connectivity index (χ0) is 33.1. The molecule has 0 aliphatic carbocycles. The fourth-order valence-electron chi connectivity index (χ4n) is 5.16. The molecule has 2 heterocycles. The first kappa shape index (κ1) is 35.1. The molecule has 246 valence electrons. The van der Waals surface area contributed by atoms with Gasteiger partial charge in [-0.25, -0.2) is 4.79 Å². The van der Waals surface area contributed by atoms with Crippen LogP contribution in [0, 0.1) is 0 Å². The average molecular weight is 628 g/mol. The van der Waals surface area contributed by atoms with E-state index in [1.54, 1.807) is 17.0 Å². The van der Waals surface area contributed by atoms with Crippen molar-refractivity contribution in [2.75, 3.05) is 50.8 Å². The van der Waals surface area contributed by atoms with Crippen molar-refractivity contribution in [1.82, 2.24) is 20.4 Å². The maximum Gasteiger partial charge on any atom is 0.410 e. The summed E-state index contributed by atoms with van der Waals surface area (Å²) >= 11 is 0. The molecule has 2 fully saturated rings. The van der Waals surface area contributed by atoms with E-state index >= 15 is 0 Å². The second kappa shape index (κ2) is 16.1. The quantitative estimate of drug-likeness (QED) is 0.201. The maximum absolute atomic E-state index is 13.5. The van der Waals surface area contributed by atoms with Crippen LogP contribution in [-0.4, -0.2) is 109 Å². The second-order valence-corrected chi connectivity index (χ2v) is 12.0. The molecule has 0 aromatic heterocycles. The van der Waals surface area contributed by atoms with E-state index in [4.69, 9.17) is 9.47 Å². The molecule has 1 unspecified atom stereocenters. The first-order valence-corrected chi connectivity index (χ1v) is 15.4. The van der Waals surface area contributed by atoms with Crippen molar-refractivity contribution in [3.8, 4) is 0 Å². The molecule has 2 saturated heterocycles. The van der Waals surface area contributed by atoms with Gasteiger partial charge in [-0.2, -0.15) is 0 Å². The van der Waals surface area contributed by atoms with Crippen LogP contribution in [0.5, 0.6) is 0 Å². The van der Waals surface area contributed by atoms with Gasteiger partial charge in [-0.05, 0) is 64.3 Å². The molecule has 0 spiro atoms. The number of anilines is 1. The Hall–Kier alpha value is -4.42. The van der Waals surface area contributed by atoms with Gasteiger partial charge in [0.2, 0.25) is 11.7 Å². The van der Waals surface area contributed by atoms with Crippen molar-refractivity contribution in [3.63, 3.8) is 0 Å². The molecule has 2 aliphatic heterocycles. The van der Waals surface area contributed by atoms with Crippen molar-refractivity contribution >= 4 is 41.3 Å². The second-order valence-electron chi connectivity index (χ2n) is 12.0. The van der Waals surface area contributed by atoms with Gasteiger partial charge in [0.15, 0.2) is 0 Å². The summed E-state index contributed by atoms with van der Waals surface area (Å²) in [6, 6.07) is 5.26. The Morgan fingerprint density at radius 1 is 1.02 bits per heavy atom. The summed E-state index contributed by atoms with van der Waals surface area (Å²) in [5.74, 6) is -3.41. The number of ketones is 1. The molecular weight excluding hydrogens is 582 g/mol. The normalized spacial score (nSPS) is 17.2. The van der Waals surface area contributed by atoms with Crippen molar-refractivity contribution in [2.24, 2.45) is 0 Å². The maximum atomic E-state index is 13.5. The molecule has 2 N–H and O–H groups in total. The minimum Gasteiger partial charge on any atom is -0.460 e. The van der Waals surface area contributed by atoms with Crippen molar-refractivity contribution in [3.05, 3.63) is 42.5 Å². The summed E-state index contributed by atoms with van der Waals surface area (Å²) in [6.07, 6.45) is 2.81. The number of Topliss-reactive ketones (excluding diaryl/α,β-unsaturated/α-hetero) is 1. The number of nitrogens with zero attached hydrogens (tertiary/aromatic N) is 3. The average Bonchev–Trinajstić information content (AvgIpc) is 3.51. The topological polar surface area (TPSA) is 155 Å². The van der Waals surface area contributed by atoms with Crippen LogP contribution >= 0.6 is 0 Å². The molecule has 1 aromatic rings. The number of carbonyl (C=O) groups excluding carboxylic acids is 6. The van der Waals surface area contributed by atoms with E-state index in [1.807, 2.05) is 39.8 Å². The highest BCUT2D eigenvalue weighted by atomic mass is 16.6. The van der Waals surface area contributed by atoms with Gasteiger partial charge in [0.25, 0.3) is 11.8 Å². The van der Waals surface area contributed by atoms with Gasteiger partial charge in [0.05, 0.1) is 6.04 Å². The number of nitrogens with one attached hydrogen (secondary N) is 2. The molecule has 2 atom stereocenters. The molecule has 2 aliphatic rings. The monoisotopic (exact) mass is 627 g/mol. The van der Waals surface area contributed by atoms with E-state index < -0.39 is 47.8 Å². The molecule has 0 saturated carbocycles. The lowest BCUT2D eigenvalue weighted by molar-refractivity contribution is -0.145. The number of carbonyl (C=O) groups is 6. The Morgan fingerprint density at radius 3 is 2.29 bits per heavy atom. The fraction of sp³-hybridized carbons (Fsp3) is 0.562. The fourth-order valence-corrected chi connectivity index (χ4v) is 5.16. The Balaban J connectivity index is 1.57. The predicted molar refractivity (Wildman–Crippen MR) is 167 cm³/mol. The Morgan fingerprint density at radius 2 is 1.69 bits per heavy atom. The van der Waals surface area contributed by atoms with Gasteiger partial charge in [0, 0.05) is 44.0 Å². The molecule has 4 amide bonds. The number of piperazine rings is 1. The van der Waals surface area contributed by atoms with Crippen LogP contribution in [-0.2, 0) is 28.7 Å². The number of likely N-dealkylation sites (tertiary alicyclic amines) is 1. The van der Waals surface area contributed by atoms with Crippen LogP contribution in [0.3, 0.4) is 0 Å². The zero-order valence-electron chi connectivity index (χ0n) is 26.6. The molecule has 0 radical (unpaired) electrons. The number of benzene rings is 1. The summed E-state index contributed by atoms with van der Waals surface area (Å²) in [5.41, 5.74) is 0.787. The van der Waals surface area contributed by atoms with Gasteiger partial charge in [-0.1, -0.05) is 26.0 Å². The van der Waals surface area contributed by atoms with Crippen molar-refractivity contribution in [1.29, 1.82) is 0 Å². The van der Waals surface area contributed by atoms with E-state index in [9.17, 15) is 28.8 Å². The molecule has 1 aromatic carbocycles. The summed E-state index contributed by atoms with van der Waals surface area (Å²) < 4.78 is 10.2.